The van der Waals surface area contributed by atoms with Crippen molar-refractivity contribution in [3.05, 3.63) is 74.9 Å². The number of thioether (sulfide) groups is 1. The third kappa shape index (κ3) is 2.64. The number of hydrogen-bond donors (Lipinski definition) is 1. The van der Waals surface area contributed by atoms with Crippen molar-refractivity contribution in [3.8, 4) is 0 Å². The van der Waals surface area contributed by atoms with Crippen molar-refractivity contribution < 1.29 is 0 Å². The monoisotopic (exact) mass is 298 g/mol. The summed E-state index contributed by atoms with van der Waals surface area (Å²) in [6.45, 7) is 0.271. The van der Waals surface area contributed by atoms with Crippen molar-refractivity contribution in [1.82, 2.24) is 9.55 Å². The van der Waals surface area contributed by atoms with Gasteiger partial charge in [0.05, 0.1) is 17.4 Å². The molecule has 0 atom stereocenters. The second kappa shape index (κ2) is 5.61. The van der Waals surface area contributed by atoms with Crippen molar-refractivity contribution in [2.24, 2.45) is 0 Å². The summed E-state index contributed by atoms with van der Waals surface area (Å²) in [5.41, 5.74) is 0.855. The molecule has 0 aliphatic rings. The summed E-state index contributed by atoms with van der Waals surface area (Å²) in [6.07, 6.45) is 2.01. The van der Waals surface area contributed by atoms with Crippen molar-refractivity contribution in [2.75, 3.05) is 6.26 Å². The molecule has 0 saturated heterocycles. The van der Waals surface area contributed by atoms with Crippen LogP contribution in [-0.4, -0.2) is 15.8 Å². The van der Waals surface area contributed by atoms with Gasteiger partial charge in [-0.15, -0.1) is 11.8 Å². The van der Waals surface area contributed by atoms with Gasteiger partial charge in [-0.3, -0.25) is 9.36 Å². The Morgan fingerprint density at radius 3 is 2.48 bits per heavy atom. The highest BCUT2D eigenvalue weighted by Crippen LogP contribution is 2.15. The maximum absolute atomic E-state index is 12.4. The summed E-state index contributed by atoms with van der Waals surface area (Å²) in [5, 5.41) is 0.526. The van der Waals surface area contributed by atoms with Crippen molar-refractivity contribution in [3.63, 3.8) is 0 Å². The van der Waals surface area contributed by atoms with Gasteiger partial charge < -0.3 is 4.98 Å². The summed E-state index contributed by atoms with van der Waals surface area (Å²) in [6, 6.07) is 14.9. The van der Waals surface area contributed by atoms with Crippen LogP contribution in [0.1, 0.15) is 5.56 Å². The predicted molar refractivity (Wildman–Crippen MR) is 86.2 cm³/mol. The lowest BCUT2D eigenvalue weighted by Gasteiger charge is -2.07. The Kier molecular flexibility index (Phi) is 3.66. The molecule has 0 bridgehead atoms. The molecule has 0 aliphatic carbocycles. The summed E-state index contributed by atoms with van der Waals surface area (Å²) < 4.78 is 1.23. The second-order valence-electron chi connectivity index (χ2n) is 4.72. The molecule has 106 valence electrons. The van der Waals surface area contributed by atoms with Crippen LogP contribution in [0.4, 0.5) is 0 Å². The van der Waals surface area contributed by atoms with Gasteiger partial charge in [-0.2, -0.15) is 0 Å². The Morgan fingerprint density at radius 1 is 1.05 bits per heavy atom. The van der Waals surface area contributed by atoms with E-state index in [9.17, 15) is 9.59 Å². The molecule has 0 aliphatic heterocycles. The maximum atomic E-state index is 12.4. The van der Waals surface area contributed by atoms with E-state index in [1.54, 1.807) is 36.0 Å². The normalized spacial score (nSPS) is 10.9. The zero-order valence-electron chi connectivity index (χ0n) is 11.5. The van der Waals surface area contributed by atoms with Crippen LogP contribution in [0.15, 0.2) is 63.0 Å². The molecule has 0 spiro atoms. The minimum absolute atomic E-state index is 0.261. The first-order valence-corrected chi connectivity index (χ1v) is 7.76. The summed E-state index contributed by atoms with van der Waals surface area (Å²) in [4.78, 5) is 28.4. The SMILES string of the molecule is CSc1ccc(Cn2c(=O)[nH]c3ccccc3c2=O)cc1. The highest BCUT2D eigenvalue weighted by atomic mass is 32.2. The molecule has 4 nitrogen and oxygen atoms in total. The first-order chi connectivity index (χ1) is 10.2. The number of H-pyrrole nitrogens is 1. The fourth-order valence-corrected chi connectivity index (χ4v) is 2.66. The van der Waals surface area contributed by atoms with Gasteiger partial charge in [-0.25, -0.2) is 4.79 Å². The van der Waals surface area contributed by atoms with Crippen LogP contribution in [0.25, 0.3) is 10.9 Å². The number of hydrogen-bond acceptors (Lipinski definition) is 3. The second-order valence-corrected chi connectivity index (χ2v) is 5.59. The molecule has 0 unspecified atom stereocenters. The van der Waals surface area contributed by atoms with Crippen LogP contribution < -0.4 is 11.2 Å². The highest BCUT2D eigenvalue weighted by Gasteiger charge is 2.07. The van der Waals surface area contributed by atoms with E-state index in [-0.39, 0.29) is 17.8 Å². The third-order valence-electron chi connectivity index (χ3n) is 3.39. The lowest BCUT2D eigenvalue weighted by molar-refractivity contribution is 0.711. The number of aromatic nitrogens is 2. The average Bonchev–Trinajstić information content (AvgIpc) is 2.52. The van der Waals surface area contributed by atoms with Gasteiger partial charge in [0, 0.05) is 4.90 Å². The van der Waals surface area contributed by atoms with Gasteiger partial charge in [0.15, 0.2) is 0 Å². The Morgan fingerprint density at radius 2 is 1.76 bits per heavy atom. The first kappa shape index (κ1) is 13.7. The van der Waals surface area contributed by atoms with Crippen molar-refractivity contribution in [2.45, 2.75) is 11.4 Å². The Balaban J connectivity index is 2.07. The van der Waals surface area contributed by atoms with Crippen LogP contribution in [0, 0.1) is 0 Å². The van der Waals surface area contributed by atoms with Crippen LogP contribution in [0.3, 0.4) is 0 Å². The lowest BCUT2D eigenvalue weighted by Crippen LogP contribution is -2.35. The molecular formula is C16H14N2O2S. The molecule has 1 N–H and O–H groups in total. The molecule has 1 heterocycles. The summed E-state index contributed by atoms with van der Waals surface area (Å²) >= 11 is 1.66. The van der Waals surface area contributed by atoms with Crippen LogP contribution >= 0.6 is 11.8 Å². The van der Waals surface area contributed by atoms with Crippen molar-refractivity contribution in [1.29, 1.82) is 0 Å². The molecule has 5 heteroatoms. The Labute approximate surface area is 125 Å². The van der Waals surface area contributed by atoms with Crippen LogP contribution in [0.5, 0.6) is 0 Å². The highest BCUT2D eigenvalue weighted by molar-refractivity contribution is 7.98. The summed E-state index contributed by atoms with van der Waals surface area (Å²) in [7, 11) is 0. The number of para-hydroxylation sites is 1. The van der Waals surface area contributed by atoms with E-state index in [1.165, 1.54) is 4.57 Å². The zero-order valence-corrected chi connectivity index (χ0v) is 12.3. The number of rotatable bonds is 3. The van der Waals surface area contributed by atoms with E-state index in [1.807, 2.05) is 30.5 Å². The number of fused-ring (bicyclic) bond motifs is 1. The van der Waals surface area contributed by atoms with Gasteiger partial charge in [-0.05, 0) is 36.1 Å². The Hall–Kier alpha value is -2.27. The average molecular weight is 298 g/mol. The quantitative estimate of drug-likeness (QED) is 0.756. The van der Waals surface area contributed by atoms with Crippen LogP contribution in [0.2, 0.25) is 0 Å². The zero-order chi connectivity index (χ0) is 14.8. The van der Waals surface area contributed by atoms with E-state index >= 15 is 0 Å². The third-order valence-corrected chi connectivity index (χ3v) is 4.13. The number of nitrogens with zero attached hydrogens (tertiary/aromatic N) is 1. The van der Waals surface area contributed by atoms with E-state index in [2.05, 4.69) is 4.98 Å². The van der Waals surface area contributed by atoms with Crippen molar-refractivity contribution >= 4 is 22.7 Å². The topological polar surface area (TPSA) is 54.9 Å². The fourth-order valence-electron chi connectivity index (χ4n) is 2.26. The van der Waals surface area contributed by atoms with E-state index in [0.717, 1.165) is 10.5 Å². The van der Waals surface area contributed by atoms with Gasteiger partial charge in [0.1, 0.15) is 0 Å². The molecule has 2 aromatic carbocycles. The predicted octanol–water partition coefficient (Wildman–Crippen LogP) is 2.46. The molecule has 0 fully saturated rings. The molecule has 21 heavy (non-hydrogen) atoms. The largest absolute Gasteiger partial charge is 0.329 e. The number of nitrogens with one attached hydrogen (secondary N) is 1. The summed E-state index contributed by atoms with van der Waals surface area (Å²) in [5.74, 6) is 0. The van der Waals surface area contributed by atoms with Crippen LogP contribution in [-0.2, 0) is 6.54 Å². The smallest absolute Gasteiger partial charge is 0.307 e. The minimum atomic E-state index is -0.382. The van der Waals surface area contributed by atoms with E-state index in [0.29, 0.717) is 10.9 Å². The van der Waals surface area contributed by atoms with Gasteiger partial charge in [0.25, 0.3) is 5.56 Å². The maximum Gasteiger partial charge on any atom is 0.329 e. The molecule has 3 rings (SSSR count). The van der Waals surface area contributed by atoms with Gasteiger partial charge in [0.2, 0.25) is 0 Å². The standard InChI is InChI=1S/C16H14N2O2S/c1-21-12-8-6-11(7-9-12)10-18-15(19)13-4-2-3-5-14(13)17-16(18)20/h2-9H,10H2,1H3,(H,17,20). The van der Waals surface area contributed by atoms with Gasteiger partial charge in [-0.1, -0.05) is 24.3 Å². The molecule has 0 radical (unpaired) electrons. The molecule has 0 saturated carbocycles. The van der Waals surface area contributed by atoms with E-state index in [4.69, 9.17) is 0 Å². The Bertz CT molecular complexity index is 895. The lowest BCUT2D eigenvalue weighted by atomic mass is 10.2. The first-order valence-electron chi connectivity index (χ1n) is 6.54. The molecule has 1 aromatic heterocycles. The number of aromatic amines is 1. The molecule has 3 aromatic rings. The molecule has 0 amide bonds. The minimum Gasteiger partial charge on any atom is -0.307 e. The fraction of sp³-hybridized carbons (Fsp3) is 0.125. The van der Waals surface area contributed by atoms with Gasteiger partial charge >= 0.3 is 5.69 Å². The number of benzene rings is 2. The van der Waals surface area contributed by atoms with E-state index < -0.39 is 0 Å². The molecular weight excluding hydrogens is 284 g/mol.